The maximum atomic E-state index is 6.16. The maximum Gasteiger partial charge on any atom is 0.189 e. The smallest absolute Gasteiger partial charge is 0.189 e. The summed E-state index contributed by atoms with van der Waals surface area (Å²) in [4.78, 5) is 0. The summed E-state index contributed by atoms with van der Waals surface area (Å²) in [6.07, 6.45) is 6.88. The summed E-state index contributed by atoms with van der Waals surface area (Å²) >= 11 is 0. The van der Waals surface area contributed by atoms with E-state index in [4.69, 9.17) is 4.43 Å². The third-order valence-electron chi connectivity index (χ3n) is 3.29. The van der Waals surface area contributed by atoms with Gasteiger partial charge in [-0.1, -0.05) is 33.1 Å². The Kier molecular flexibility index (Phi) is 5.17. The molecule has 1 fully saturated rings. The molecule has 0 aliphatic carbocycles. The lowest BCUT2D eigenvalue weighted by Gasteiger charge is -2.31. The van der Waals surface area contributed by atoms with Crippen molar-refractivity contribution >= 4 is 8.32 Å². The summed E-state index contributed by atoms with van der Waals surface area (Å²) in [6.45, 7) is 8.04. The fourth-order valence-electron chi connectivity index (χ4n) is 2.25. The second kappa shape index (κ2) is 5.91. The molecule has 1 aliphatic rings. The van der Waals surface area contributed by atoms with Gasteiger partial charge in [-0.25, -0.2) is 0 Å². The Balaban J connectivity index is 2.09. The van der Waals surface area contributed by atoms with E-state index in [1.54, 1.807) is 0 Å². The third kappa shape index (κ3) is 4.60. The normalized spacial score (nSPS) is 21.4. The van der Waals surface area contributed by atoms with E-state index < -0.39 is 8.32 Å². The van der Waals surface area contributed by atoms with Crippen molar-refractivity contribution in [1.29, 1.82) is 0 Å². The van der Waals surface area contributed by atoms with Crippen molar-refractivity contribution in [3.8, 4) is 0 Å². The fraction of sp³-hybridized carbons (Fsp3) is 1.00. The maximum absolute atomic E-state index is 6.16. The highest BCUT2D eigenvalue weighted by Crippen LogP contribution is 2.29. The van der Waals surface area contributed by atoms with Crippen molar-refractivity contribution < 1.29 is 4.43 Å². The van der Waals surface area contributed by atoms with Crippen LogP contribution in [-0.2, 0) is 4.43 Å². The molecule has 84 valence electrons. The highest BCUT2D eigenvalue weighted by atomic mass is 28.4. The van der Waals surface area contributed by atoms with Crippen LogP contribution < -0.4 is 0 Å². The first-order valence-electron chi connectivity index (χ1n) is 6.26. The molecule has 1 nitrogen and oxygen atoms in total. The fourth-order valence-corrected chi connectivity index (χ4v) is 5.43. The van der Waals surface area contributed by atoms with Gasteiger partial charge in [0.25, 0.3) is 0 Å². The monoisotopic (exact) mass is 214 g/mol. The molecule has 1 saturated heterocycles. The number of hydrogen-bond donors (Lipinski definition) is 0. The van der Waals surface area contributed by atoms with E-state index in [2.05, 4.69) is 20.4 Å². The minimum atomic E-state index is -1.21. The van der Waals surface area contributed by atoms with Crippen LogP contribution >= 0.6 is 0 Å². The molecule has 0 aromatic heterocycles. The molecule has 0 atom stereocenters. The van der Waals surface area contributed by atoms with Crippen molar-refractivity contribution in [3.05, 3.63) is 0 Å². The van der Waals surface area contributed by atoms with Gasteiger partial charge in [-0.2, -0.15) is 0 Å². The molecule has 0 spiro atoms. The van der Waals surface area contributed by atoms with E-state index in [0.717, 1.165) is 12.5 Å². The molecular weight excluding hydrogens is 188 g/mol. The summed E-state index contributed by atoms with van der Waals surface area (Å²) in [5.74, 6) is 0.833. The van der Waals surface area contributed by atoms with Crippen LogP contribution in [0.5, 0.6) is 0 Å². The van der Waals surface area contributed by atoms with Gasteiger partial charge >= 0.3 is 0 Å². The Hall–Kier alpha value is 0.177. The second-order valence-corrected chi connectivity index (χ2v) is 9.58. The van der Waals surface area contributed by atoms with Crippen LogP contribution in [0.3, 0.4) is 0 Å². The average Bonchev–Trinajstić information content (AvgIpc) is 2.14. The first-order chi connectivity index (χ1) is 6.62. The van der Waals surface area contributed by atoms with Crippen molar-refractivity contribution in [1.82, 2.24) is 0 Å². The molecule has 0 radical (unpaired) electrons. The van der Waals surface area contributed by atoms with Gasteiger partial charge in [0, 0.05) is 6.61 Å². The summed E-state index contributed by atoms with van der Waals surface area (Å²) in [5.41, 5.74) is 0. The van der Waals surface area contributed by atoms with Gasteiger partial charge in [0.05, 0.1) is 0 Å². The van der Waals surface area contributed by atoms with E-state index in [0.29, 0.717) is 0 Å². The molecule has 0 N–H and O–H groups in total. The quantitative estimate of drug-likeness (QED) is 0.492. The van der Waals surface area contributed by atoms with Gasteiger partial charge in [-0.15, -0.1) is 0 Å². The van der Waals surface area contributed by atoms with E-state index in [9.17, 15) is 0 Å². The molecular formula is C12H26OSi. The SMILES string of the molecule is CC(C)CCCO[Si]1(C)CCCCC1. The van der Waals surface area contributed by atoms with Crippen LogP contribution in [0.1, 0.15) is 46.0 Å². The molecule has 1 rings (SSSR count). The van der Waals surface area contributed by atoms with Crippen molar-refractivity contribution in [2.24, 2.45) is 5.92 Å². The van der Waals surface area contributed by atoms with E-state index in [1.807, 2.05) is 0 Å². The lowest BCUT2D eigenvalue weighted by molar-refractivity contribution is 0.278. The average molecular weight is 214 g/mol. The van der Waals surface area contributed by atoms with Gasteiger partial charge < -0.3 is 4.43 Å². The number of rotatable bonds is 5. The largest absolute Gasteiger partial charge is 0.417 e. The number of hydrogen-bond acceptors (Lipinski definition) is 1. The van der Waals surface area contributed by atoms with Gasteiger partial charge in [0.1, 0.15) is 0 Å². The van der Waals surface area contributed by atoms with E-state index in [1.165, 1.54) is 44.2 Å². The zero-order valence-electron chi connectivity index (χ0n) is 10.1. The van der Waals surface area contributed by atoms with Gasteiger partial charge in [-0.3, -0.25) is 0 Å². The zero-order valence-corrected chi connectivity index (χ0v) is 11.1. The van der Waals surface area contributed by atoms with Crippen LogP contribution in [0.25, 0.3) is 0 Å². The summed E-state index contributed by atoms with van der Waals surface area (Å²) in [7, 11) is -1.21. The Morgan fingerprint density at radius 2 is 1.79 bits per heavy atom. The Bertz CT molecular complexity index is 150. The van der Waals surface area contributed by atoms with E-state index >= 15 is 0 Å². The molecule has 0 aromatic carbocycles. The van der Waals surface area contributed by atoms with Crippen molar-refractivity contribution in [3.63, 3.8) is 0 Å². The summed E-state index contributed by atoms with van der Waals surface area (Å²) in [5, 5.41) is 0. The third-order valence-corrected chi connectivity index (χ3v) is 7.01. The molecule has 14 heavy (non-hydrogen) atoms. The molecule has 0 bridgehead atoms. The lowest BCUT2D eigenvalue weighted by atomic mass is 10.1. The highest BCUT2D eigenvalue weighted by molar-refractivity contribution is 6.72. The van der Waals surface area contributed by atoms with Crippen LogP contribution in [-0.4, -0.2) is 14.9 Å². The molecule has 0 unspecified atom stereocenters. The molecule has 0 aromatic rings. The van der Waals surface area contributed by atoms with Gasteiger partial charge in [0.2, 0.25) is 0 Å². The predicted molar refractivity (Wildman–Crippen MR) is 65.1 cm³/mol. The minimum absolute atomic E-state index is 0.833. The molecule has 0 saturated carbocycles. The van der Waals surface area contributed by atoms with E-state index in [-0.39, 0.29) is 0 Å². The molecule has 0 amide bonds. The van der Waals surface area contributed by atoms with Gasteiger partial charge in [0.15, 0.2) is 8.32 Å². The minimum Gasteiger partial charge on any atom is -0.417 e. The Morgan fingerprint density at radius 3 is 2.36 bits per heavy atom. The Labute approximate surface area is 90.4 Å². The van der Waals surface area contributed by atoms with Crippen LogP contribution in [0.4, 0.5) is 0 Å². The van der Waals surface area contributed by atoms with Crippen molar-refractivity contribution in [2.75, 3.05) is 6.61 Å². The lowest BCUT2D eigenvalue weighted by Crippen LogP contribution is -2.36. The molecule has 1 heterocycles. The Morgan fingerprint density at radius 1 is 1.14 bits per heavy atom. The van der Waals surface area contributed by atoms with Crippen LogP contribution in [0.2, 0.25) is 18.6 Å². The summed E-state index contributed by atoms with van der Waals surface area (Å²) < 4.78 is 6.16. The zero-order chi connectivity index (χ0) is 10.4. The second-order valence-electron chi connectivity index (χ2n) is 5.40. The molecule has 1 aliphatic heterocycles. The topological polar surface area (TPSA) is 9.23 Å². The predicted octanol–water partition coefficient (Wildman–Crippen LogP) is 4.20. The summed E-state index contributed by atoms with van der Waals surface area (Å²) in [6, 6.07) is 2.82. The van der Waals surface area contributed by atoms with Crippen LogP contribution in [0, 0.1) is 5.92 Å². The van der Waals surface area contributed by atoms with Crippen LogP contribution in [0.15, 0.2) is 0 Å². The highest BCUT2D eigenvalue weighted by Gasteiger charge is 2.30. The first kappa shape index (κ1) is 12.2. The van der Waals surface area contributed by atoms with Gasteiger partial charge in [-0.05, 0) is 37.4 Å². The van der Waals surface area contributed by atoms with Crippen molar-refractivity contribution in [2.45, 2.75) is 64.6 Å². The molecule has 2 heteroatoms. The standard InChI is InChI=1S/C12H26OSi/c1-12(2)8-7-9-13-14(3)10-5-4-6-11-14/h12H,4-11H2,1-3H3. The first-order valence-corrected chi connectivity index (χ1v) is 9.09.